The van der Waals surface area contributed by atoms with E-state index in [1.165, 1.54) is 57.8 Å². The zero-order chi connectivity index (χ0) is 25.1. The van der Waals surface area contributed by atoms with Gasteiger partial charge in [0.15, 0.2) is 30.0 Å². The summed E-state index contributed by atoms with van der Waals surface area (Å²) < 4.78 is 19.1. The number of benzene rings is 1. The molecule has 202 valence electrons. The first-order valence-electron chi connectivity index (χ1n) is 13.3. The summed E-state index contributed by atoms with van der Waals surface area (Å²) in [6.07, 6.45) is 15.8. The van der Waals surface area contributed by atoms with Gasteiger partial charge in [-0.2, -0.15) is 0 Å². The van der Waals surface area contributed by atoms with Crippen molar-refractivity contribution in [3.05, 3.63) is 48.3 Å². The van der Waals surface area contributed by atoms with E-state index in [1.807, 2.05) is 37.5 Å². The average molecular weight is 613 g/mol. The first kappa shape index (κ1) is 32.0. The maximum atomic E-state index is 12.1. The van der Waals surface area contributed by atoms with Gasteiger partial charge >= 0.3 is 0 Å². The molecule has 0 aliphatic rings. The lowest BCUT2D eigenvalue weighted by molar-refractivity contribution is -0.679. The number of aromatic nitrogens is 1. The van der Waals surface area contributed by atoms with Crippen molar-refractivity contribution in [1.82, 2.24) is 5.32 Å². The van der Waals surface area contributed by atoms with Gasteiger partial charge in [0.05, 0.1) is 13.7 Å². The van der Waals surface area contributed by atoms with Crippen LogP contribution in [0.1, 0.15) is 76.8 Å². The normalized spacial score (nSPS) is 10.4. The average Bonchev–Trinajstić information content (AvgIpc) is 2.87. The Morgan fingerprint density at radius 1 is 0.889 bits per heavy atom. The summed E-state index contributed by atoms with van der Waals surface area (Å²) in [7, 11) is 3.61. The zero-order valence-corrected chi connectivity index (χ0v) is 24.6. The standard InChI is InChI=1S/C29H44N2O4.HI/c1-4-5-6-7-8-9-10-11-12-15-22-34-27-18-17-26(23-28(27)33-3)35-24-29(32)30-20-19-25-16-13-14-21-31(25)2;/h13-14,16-18,21,23H,4-12,15,19-20,22,24H2,1-3H3;1H. The Labute approximate surface area is 235 Å². The molecule has 1 amide bonds. The maximum Gasteiger partial charge on any atom is 0.257 e. The molecule has 0 radical (unpaired) electrons. The van der Waals surface area contributed by atoms with E-state index in [-0.39, 0.29) is 36.5 Å². The van der Waals surface area contributed by atoms with Crippen molar-refractivity contribution in [2.24, 2.45) is 7.05 Å². The highest BCUT2D eigenvalue weighted by Crippen LogP contribution is 2.31. The minimum absolute atomic E-state index is 0. The molecule has 1 heterocycles. The first-order chi connectivity index (χ1) is 17.1. The van der Waals surface area contributed by atoms with E-state index in [2.05, 4.69) is 22.9 Å². The molecule has 0 aliphatic carbocycles. The number of nitrogens with one attached hydrogen (secondary N) is 1. The molecule has 0 saturated carbocycles. The number of hydrogen-bond donors (Lipinski definition) is 1. The fourth-order valence-electron chi connectivity index (χ4n) is 3.98. The molecule has 1 aromatic heterocycles. The van der Waals surface area contributed by atoms with Crippen LogP contribution >= 0.6 is 0 Å². The van der Waals surface area contributed by atoms with Crippen molar-refractivity contribution in [3.8, 4) is 17.2 Å². The molecular weight excluding hydrogens is 567 g/mol. The number of pyridine rings is 1. The lowest BCUT2D eigenvalue weighted by atomic mass is 10.1. The van der Waals surface area contributed by atoms with E-state index >= 15 is 0 Å². The molecule has 1 aromatic carbocycles. The van der Waals surface area contributed by atoms with Crippen LogP contribution in [0.25, 0.3) is 0 Å². The van der Waals surface area contributed by atoms with E-state index in [1.54, 1.807) is 13.2 Å². The number of nitrogens with zero attached hydrogens (tertiary/aromatic N) is 1. The summed E-state index contributed by atoms with van der Waals surface area (Å²) in [4.78, 5) is 12.1. The molecule has 36 heavy (non-hydrogen) atoms. The lowest BCUT2D eigenvalue weighted by Gasteiger charge is -2.13. The molecule has 0 aliphatic heterocycles. The molecule has 0 saturated heterocycles. The largest absolute Gasteiger partial charge is 1.00 e. The van der Waals surface area contributed by atoms with Gasteiger partial charge in [-0.1, -0.05) is 70.8 Å². The Bertz CT molecular complexity index is 863. The van der Waals surface area contributed by atoms with Gasteiger partial charge in [0.1, 0.15) is 12.8 Å². The highest BCUT2D eigenvalue weighted by atomic mass is 127. The second kappa shape index (κ2) is 20.1. The predicted octanol–water partition coefficient (Wildman–Crippen LogP) is 2.56. The first-order valence-corrected chi connectivity index (χ1v) is 13.3. The molecule has 0 spiro atoms. The van der Waals surface area contributed by atoms with Crippen molar-refractivity contribution < 1.29 is 47.5 Å². The molecule has 7 heteroatoms. The zero-order valence-electron chi connectivity index (χ0n) is 22.4. The van der Waals surface area contributed by atoms with Crippen LogP contribution in [-0.4, -0.2) is 32.8 Å². The van der Waals surface area contributed by atoms with Gasteiger partial charge in [0, 0.05) is 31.2 Å². The number of methoxy groups -OCH3 is 1. The lowest BCUT2D eigenvalue weighted by Crippen LogP contribution is -3.00. The van der Waals surface area contributed by atoms with Gasteiger partial charge in [-0.15, -0.1) is 0 Å². The minimum atomic E-state index is -0.149. The second-order valence-corrected chi connectivity index (χ2v) is 9.03. The SMILES string of the molecule is CCCCCCCCCCCCOc1ccc(OCC(=O)NCCc2cccc[n+]2C)cc1OC.[I-]. The smallest absolute Gasteiger partial charge is 0.257 e. The number of rotatable bonds is 19. The number of halogens is 1. The number of ether oxygens (including phenoxy) is 3. The van der Waals surface area contributed by atoms with Crippen LogP contribution in [-0.2, 0) is 18.3 Å². The van der Waals surface area contributed by atoms with Crippen LogP contribution < -0.4 is 48.1 Å². The third kappa shape index (κ3) is 13.3. The van der Waals surface area contributed by atoms with Gasteiger partial charge in [0.2, 0.25) is 0 Å². The number of unbranched alkanes of at least 4 members (excludes halogenated alkanes) is 9. The Hall–Kier alpha value is -2.03. The number of carbonyl (C=O) groups is 1. The monoisotopic (exact) mass is 612 g/mol. The second-order valence-electron chi connectivity index (χ2n) is 9.03. The van der Waals surface area contributed by atoms with Crippen molar-refractivity contribution in [1.29, 1.82) is 0 Å². The summed E-state index contributed by atoms with van der Waals surface area (Å²) in [5.41, 5.74) is 1.16. The van der Waals surface area contributed by atoms with Crippen molar-refractivity contribution in [2.45, 2.75) is 77.6 Å². The minimum Gasteiger partial charge on any atom is -1.00 e. The number of aryl methyl sites for hydroxylation is 1. The van der Waals surface area contributed by atoms with Crippen LogP contribution in [0.5, 0.6) is 17.2 Å². The highest BCUT2D eigenvalue weighted by molar-refractivity contribution is 5.77. The third-order valence-electron chi connectivity index (χ3n) is 6.13. The molecule has 0 unspecified atom stereocenters. The van der Waals surface area contributed by atoms with Gasteiger partial charge in [-0.3, -0.25) is 4.79 Å². The molecule has 2 aromatic rings. The summed E-state index contributed by atoms with van der Waals surface area (Å²) >= 11 is 0. The Morgan fingerprint density at radius 2 is 1.58 bits per heavy atom. The fourth-order valence-corrected chi connectivity index (χ4v) is 3.98. The van der Waals surface area contributed by atoms with Crippen LogP contribution in [0.2, 0.25) is 0 Å². The van der Waals surface area contributed by atoms with Crippen LogP contribution in [0.4, 0.5) is 0 Å². The van der Waals surface area contributed by atoms with E-state index in [4.69, 9.17) is 14.2 Å². The van der Waals surface area contributed by atoms with Crippen molar-refractivity contribution >= 4 is 5.91 Å². The molecule has 6 nitrogen and oxygen atoms in total. The summed E-state index contributed by atoms with van der Waals surface area (Å²) in [5, 5.41) is 2.90. The van der Waals surface area contributed by atoms with Gasteiger partial charge in [-0.25, -0.2) is 4.57 Å². The van der Waals surface area contributed by atoms with Crippen molar-refractivity contribution in [2.75, 3.05) is 26.9 Å². The summed E-state index contributed by atoms with van der Waals surface area (Å²) in [6, 6.07) is 11.5. The molecule has 0 atom stereocenters. The molecule has 0 fully saturated rings. The fraction of sp³-hybridized carbons (Fsp3) is 0.586. The van der Waals surface area contributed by atoms with Crippen LogP contribution in [0, 0.1) is 0 Å². The van der Waals surface area contributed by atoms with E-state index < -0.39 is 0 Å². The van der Waals surface area contributed by atoms with Crippen molar-refractivity contribution in [3.63, 3.8) is 0 Å². The molecule has 1 N–H and O–H groups in total. The summed E-state index contributed by atoms with van der Waals surface area (Å²) in [5.74, 6) is 1.75. The number of carbonyl (C=O) groups excluding carboxylic acids is 1. The van der Waals surface area contributed by atoms with Crippen LogP contribution in [0.3, 0.4) is 0 Å². The topological polar surface area (TPSA) is 60.7 Å². The Balaban J connectivity index is 0.00000648. The number of hydrogen-bond acceptors (Lipinski definition) is 4. The Morgan fingerprint density at radius 3 is 2.25 bits per heavy atom. The Kier molecular flexibility index (Phi) is 17.8. The molecule has 0 bridgehead atoms. The molecule has 2 rings (SSSR count). The van der Waals surface area contributed by atoms with Crippen LogP contribution in [0.15, 0.2) is 42.6 Å². The highest BCUT2D eigenvalue weighted by Gasteiger charge is 2.10. The maximum absolute atomic E-state index is 12.1. The number of amides is 1. The van der Waals surface area contributed by atoms with Gasteiger partial charge in [-0.05, 0) is 18.6 Å². The predicted molar refractivity (Wildman–Crippen MR) is 140 cm³/mol. The van der Waals surface area contributed by atoms with E-state index in [0.29, 0.717) is 30.4 Å². The third-order valence-corrected chi connectivity index (χ3v) is 6.13. The van der Waals surface area contributed by atoms with E-state index in [0.717, 1.165) is 18.5 Å². The summed E-state index contributed by atoms with van der Waals surface area (Å²) in [6.45, 7) is 3.46. The van der Waals surface area contributed by atoms with Gasteiger partial charge < -0.3 is 43.5 Å². The quantitative estimate of drug-likeness (QED) is 0.151. The van der Waals surface area contributed by atoms with Gasteiger partial charge in [0.25, 0.3) is 5.91 Å². The van der Waals surface area contributed by atoms with E-state index in [9.17, 15) is 4.79 Å². The molecular formula is C29H45IN2O4.